The molecule has 0 saturated heterocycles. The maximum atomic E-state index is 11.1. The second kappa shape index (κ2) is 5.35. The number of Topliss-reactive ketones (excluding diaryl/α,β-unsaturated/α-hetero) is 1. The van der Waals surface area contributed by atoms with Crippen LogP contribution in [0.15, 0.2) is 23.8 Å². The zero-order valence-corrected chi connectivity index (χ0v) is 10.0. The average molecular weight is 220 g/mol. The van der Waals surface area contributed by atoms with Crippen LogP contribution in [0.1, 0.15) is 19.4 Å². The van der Waals surface area contributed by atoms with Gasteiger partial charge in [-0.3, -0.25) is 4.79 Å². The van der Waals surface area contributed by atoms with Gasteiger partial charge in [0.05, 0.1) is 14.2 Å². The van der Waals surface area contributed by atoms with E-state index in [0.29, 0.717) is 17.1 Å². The van der Waals surface area contributed by atoms with Crippen LogP contribution in [-0.2, 0) is 4.79 Å². The zero-order valence-electron chi connectivity index (χ0n) is 10.0. The van der Waals surface area contributed by atoms with E-state index in [9.17, 15) is 4.79 Å². The molecule has 0 radical (unpaired) electrons. The molecule has 1 aromatic carbocycles. The van der Waals surface area contributed by atoms with Crippen molar-refractivity contribution in [1.82, 2.24) is 0 Å². The van der Waals surface area contributed by atoms with E-state index in [0.717, 1.165) is 5.56 Å². The molecule has 1 rings (SSSR count). The monoisotopic (exact) mass is 220 g/mol. The Morgan fingerprint density at radius 3 is 2.25 bits per heavy atom. The van der Waals surface area contributed by atoms with Gasteiger partial charge in [0.25, 0.3) is 0 Å². The van der Waals surface area contributed by atoms with Crippen LogP contribution < -0.4 is 9.47 Å². The molecule has 0 N–H and O–H groups in total. The van der Waals surface area contributed by atoms with Crippen LogP contribution in [0.25, 0.3) is 6.08 Å². The first-order valence-electron chi connectivity index (χ1n) is 4.99. The number of methoxy groups -OCH3 is 2. The van der Waals surface area contributed by atoms with Crippen molar-refractivity contribution in [1.29, 1.82) is 0 Å². The van der Waals surface area contributed by atoms with Gasteiger partial charge in [0.1, 0.15) is 0 Å². The molecule has 0 fully saturated rings. The number of benzene rings is 1. The SMILES string of the molecule is COc1ccc(/C=C(/C)C(C)=O)cc1OC. The Morgan fingerprint density at radius 1 is 1.12 bits per heavy atom. The van der Waals surface area contributed by atoms with Gasteiger partial charge in [-0.1, -0.05) is 6.07 Å². The quantitative estimate of drug-likeness (QED) is 0.732. The highest BCUT2D eigenvalue weighted by molar-refractivity contribution is 5.97. The number of hydrogen-bond acceptors (Lipinski definition) is 3. The summed E-state index contributed by atoms with van der Waals surface area (Å²) in [6, 6.07) is 5.54. The van der Waals surface area contributed by atoms with E-state index in [1.165, 1.54) is 0 Å². The molecular weight excluding hydrogens is 204 g/mol. The number of carbonyl (C=O) groups is 1. The molecule has 0 amide bonds. The van der Waals surface area contributed by atoms with Crippen LogP contribution in [0, 0.1) is 0 Å². The minimum absolute atomic E-state index is 0.0646. The predicted octanol–water partition coefficient (Wildman–Crippen LogP) is 2.70. The summed E-state index contributed by atoms with van der Waals surface area (Å²) in [4.78, 5) is 11.1. The fourth-order valence-electron chi connectivity index (χ4n) is 1.29. The maximum Gasteiger partial charge on any atom is 0.161 e. The second-order valence-electron chi connectivity index (χ2n) is 3.50. The minimum atomic E-state index is 0.0646. The molecule has 3 heteroatoms. The highest BCUT2D eigenvalue weighted by atomic mass is 16.5. The first kappa shape index (κ1) is 12.3. The molecule has 0 aliphatic rings. The minimum Gasteiger partial charge on any atom is -0.493 e. The summed E-state index contributed by atoms with van der Waals surface area (Å²) in [6.45, 7) is 3.34. The van der Waals surface area contributed by atoms with E-state index >= 15 is 0 Å². The fourth-order valence-corrected chi connectivity index (χ4v) is 1.29. The molecular formula is C13H16O3. The van der Waals surface area contributed by atoms with Crippen molar-refractivity contribution in [2.75, 3.05) is 14.2 Å². The number of ketones is 1. The molecule has 0 bridgehead atoms. The lowest BCUT2D eigenvalue weighted by molar-refractivity contribution is -0.113. The second-order valence-corrected chi connectivity index (χ2v) is 3.50. The van der Waals surface area contributed by atoms with Gasteiger partial charge in [0.15, 0.2) is 17.3 Å². The Balaban J connectivity index is 3.09. The summed E-state index contributed by atoms with van der Waals surface area (Å²) in [7, 11) is 3.18. The number of hydrogen-bond donors (Lipinski definition) is 0. The van der Waals surface area contributed by atoms with Crippen LogP contribution in [0.4, 0.5) is 0 Å². The van der Waals surface area contributed by atoms with E-state index in [2.05, 4.69) is 0 Å². The summed E-state index contributed by atoms with van der Waals surface area (Å²) >= 11 is 0. The molecule has 0 heterocycles. The Labute approximate surface area is 95.7 Å². The molecule has 0 saturated carbocycles. The first-order chi connectivity index (χ1) is 7.58. The van der Waals surface area contributed by atoms with Crippen LogP contribution in [0.2, 0.25) is 0 Å². The van der Waals surface area contributed by atoms with Gasteiger partial charge in [0.2, 0.25) is 0 Å². The Kier molecular flexibility index (Phi) is 4.11. The lowest BCUT2D eigenvalue weighted by atomic mass is 10.1. The zero-order chi connectivity index (χ0) is 12.1. The topological polar surface area (TPSA) is 35.5 Å². The van der Waals surface area contributed by atoms with E-state index in [1.54, 1.807) is 28.1 Å². The summed E-state index contributed by atoms with van der Waals surface area (Å²) in [5, 5.41) is 0. The van der Waals surface area contributed by atoms with E-state index in [-0.39, 0.29) is 5.78 Å². The average Bonchev–Trinajstić information content (AvgIpc) is 2.28. The highest BCUT2D eigenvalue weighted by Gasteiger charge is 2.04. The van der Waals surface area contributed by atoms with Gasteiger partial charge in [-0.15, -0.1) is 0 Å². The number of carbonyl (C=O) groups excluding carboxylic acids is 1. The molecule has 0 aliphatic heterocycles. The van der Waals surface area contributed by atoms with Crippen molar-refractivity contribution in [3.8, 4) is 11.5 Å². The van der Waals surface area contributed by atoms with E-state index in [4.69, 9.17) is 9.47 Å². The molecule has 0 spiro atoms. The van der Waals surface area contributed by atoms with Gasteiger partial charge >= 0.3 is 0 Å². The molecule has 0 aromatic heterocycles. The third-order valence-electron chi connectivity index (χ3n) is 2.35. The van der Waals surface area contributed by atoms with Crippen molar-refractivity contribution in [3.05, 3.63) is 29.3 Å². The largest absolute Gasteiger partial charge is 0.493 e. The van der Waals surface area contributed by atoms with Gasteiger partial charge in [-0.05, 0) is 43.2 Å². The smallest absolute Gasteiger partial charge is 0.161 e. The first-order valence-corrected chi connectivity index (χ1v) is 4.99. The van der Waals surface area contributed by atoms with Crippen molar-refractivity contribution >= 4 is 11.9 Å². The summed E-state index contributed by atoms with van der Waals surface area (Å²) in [5.41, 5.74) is 1.64. The van der Waals surface area contributed by atoms with Gasteiger partial charge in [-0.2, -0.15) is 0 Å². The van der Waals surface area contributed by atoms with Crippen LogP contribution in [-0.4, -0.2) is 20.0 Å². The predicted molar refractivity (Wildman–Crippen MR) is 63.9 cm³/mol. The van der Waals surface area contributed by atoms with E-state index in [1.807, 2.05) is 24.3 Å². The lowest BCUT2D eigenvalue weighted by Gasteiger charge is -2.08. The molecule has 0 unspecified atom stereocenters. The molecule has 1 aromatic rings. The normalized spacial score (nSPS) is 11.1. The van der Waals surface area contributed by atoms with Gasteiger partial charge in [0, 0.05) is 0 Å². The third-order valence-corrected chi connectivity index (χ3v) is 2.35. The Hall–Kier alpha value is -1.77. The molecule has 0 aliphatic carbocycles. The lowest BCUT2D eigenvalue weighted by Crippen LogP contribution is -1.93. The number of allylic oxidation sites excluding steroid dienone is 1. The third kappa shape index (κ3) is 2.86. The van der Waals surface area contributed by atoms with Crippen LogP contribution in [0.3, 0.4) is 0 Å². The van der Waals surface area contributed by atoms with Crippen LogP contribution in [0.5, 0.6) is 11.5 Å². The van der Waals surface area contributed by atoms with Crippen molar-refractivity contribution < 1.29 is 14.3 Å². The molecule has 16 heavy (non-hydrogen) atoms. The summed E-state index contributed by atoms with van der Waals surface area (Å²) in [5.74, 6) is 1.41. The summed E-state index contributed by atoms with van der Waals surface area (Å²) < 4.78 is 10.3. The molecule has 86 valence electrons. The Bertz CT molecular complexity index is 419. The van der Waals surface area contributed by atoms with Crippen LogP contribution >= 0.6 is 0 Å². The molecule has 0 atom stereocenters. The van der Waals surface area contributed by atoms with E-state index < -0.39 is 0 Å². The van der Waals surface area contributed by atoms with Gasteiger partial charge in [-0.25, -0.2) is 0 Å². The van der Waals surface area contributed by atoms with Gasteiger partial charge < -0.3 is 9.47 Å². The number of rotatable bonds is 4. The van der Waals surface area contributed by atoms with Crippen molar-refractivity contribution in [2.24, 2.45) is 0 Å². The highest BCUT2D eigenvalue weighted by Crippen LogP contribution is 2.28. The summed E-state index contributed by atoms with van der Waals surface area (Å²) in [6.07, 6.45) is 1.82. The maximum absolute atomic E-state index is 11.1. The number of ether oxygens (including phenoxy) is 2. The van der Waals surface area contributed by atoms with Crippen molar-refractivity contribution in [3.63, 3.8) is 0 Å². The fraction of sp³-hybridized carbons (Fsp3) is 0.308. The molecule has 3 nitrogen and oxygen atoms in total. The Morgan fingerprint density at radius 2 is 1.75 bits per heavy atom. The standard InChI is InChI=1S/C13H16O3/c1-9(10(2)14)7-11-5-6-12(15-3)13(8-11)16-4/h5-8H,1-4H3/b9-7-. The van der Waals surface area contributed by atoms with Crippen molar-refractivity contribution in [2.45, 2.75) is 13.8 Å².